The van der Waals surface area contributed by atoms with Gasteiger partial charge in [-0.05, 0) is 68.1 Å². The fraction of sp³-hybridized carbons (Fsp3) is 0.231. The molecule has 1 aliphatic heterocycles. The van der Waals surface area contributed by atoms with Crippen molar-refractivity contribution in [2.75, 3.05) is 43.9 Å². The van der Waals surface area contributed by atoms with Crippen molar-refractivity contribution in [1.29, 1.82) is 0 Å². The molecule has 0 saturated carbocycles. The van der Waals surface area contributed by atoms with Crippen molar-refractivity contribution in [3.8, 4) is 0 Å². The summed E-state index contributed by atoms with van der Waals surface area (Å²) < 4.78 is 27.3. The predicted octanol–water partition coefficient (Wildman–Crippen LogP) is 3.44. The Kier molecular flexibility index (Phi) is 7.30. The molecule has 3 aromatic carbocycles. The van der Waals surface area contributed by atoms with E-state index in [4.69, 9.17) is 0 Å². The van der Waals surface area contributed by atoms with E-state index in [1.54, 1.807) is 54.6 Å². The number of nitrogens with zero attached hydrogens (tertiary/aromatic N) is 2. The van der Waals surface area contributed by atoms with Crippen LogP contribution in [0, 0.1) is 6.92 Å². The van der Waals surface area contributed by atoms with E-state index in [0.29, 0.717) is 48.7 Å². The van der Waals surface area contributed by atoms with Crippen molar-refractivity contribution >= 4 is 33.2 Å². The molecule has 8 nitrogen and oxygen atoms in total. The van der Waals surface area contributed by atoms with E-state index in [1.165, 1.54) is 16.4 Å². The quantitative estimate of drug-likeness (QED) is 0.549. The Labute approximate surface area is 205 Å². The number of likely N-dealkylation sites (N-methyl/N-ethyl adjacent to an activating group) is 1. The Bertz CT molecular complexity index is 1320. The Balaban J connectivity index is 1.44. The molecule has 3 aromatic rings. The summed E-state index contributed by atoms with van der Waals surface area (Å²) in [5.74, 6) is -0.627. The average molecular weight is 493 g/mol. The third-order valence-corrected chi connectivity index (χ3v) is 7.91. The van der Waals surface area contributed by atoms with Gasteiger partial charge in [-0.3, -0.25) is 9.59 Å². The van der Waals surface area contributed by atoms with Crippen LogP contribution in [0.2, 0.25) is 0 Å². The van der Waals surface area contributed by atoms with Gasteiger partial charge in [-0.15, -0.1) is 0 Å². The van der Waals surface area contributed by atoms with Crippen LogP contribution in [-0.4, -0.2) is 62.7 Å². The summed E-state index contributed by atoms with van der Waals surface area (Å²) in [4.78, 5) is 27.6. The summed E-state index contributed by atoms with van der Waals surface area (Å²) in [7, 11) is -1.61. The van der Waals surface area contributed by atoms with Crippen LogP contribution >= 0.6 is 0 Å². The molecule has 9 heteroatoms. The minimum Gasteiger partial charge on any atom is -0.322 e. The fourth-order valence-electron chi connectivity index (χ4n) is 3.77. The molecular weight excluding hydrogens is 464 g/mol. The lowest BCUT2D eigenvalue weighted by Crippen LogP contribution is -2.46. The van der Waals surface area contributed by atoms with E-state index in [0.717, 1.165) is 5.56 Å². The van der Waals surface area contributed by atoms with Crippen LogP contribution in [-0.2, 0) is 10.0 Å². The molecule has 1 aliphatic rings. The van der Waals surface area contributed by atoms with Crippen molar-refractivity contribution < 1.29 is 18.0 Å². The number of benzene rings is 3. The van der Waals surface area contributed by atoms with Gasteiger partial charge in [-0.2, -0.15) is 4.31 Å². The third kappa shape index (κ3) is 5.76. The number of hydrogen-bond acceptors (Lipinski definition) is 5. The normalized spacial score (nSPS) is 14.9. The number of anilines is 2. The Morgan fingerprint density at radius 3 is 2.06 bits per heavy atom. The van der Waals surface area contributed by atoms with Gasteiger partial charge in [-0.25, -0.2) is 8.42 Å². The standard InChI is InChI=1S/C26H28N4O4S/c1-19-8-9-21(18-24(19)28-25(31)20-6-4-3-5-7-20)26(32)27-22-10-12-23(13-11-22)35(33,34)30-16-14-29(2)15-17-30/h3-13,18H,14-17H2,1-2H3,(H,27,32)(H,28,31). The van der Waals surface area contributed by atoms with Gasteiger partial charge in [0.1, 0.15) is 0 Å². The maximum Gasteiger partial charge on any atom is 0.255 e. The first kappa shape index (κ1) is 24.6. The Morgan fingerprint density at radius 2 is 1.40 bits per heavy atom. The van der Waals surface area contributed by atoms with E-state index in [1.807, 2.05) is 20.0 Å². The van der Waals surface area contributed by atoms with Crippen LogP contribution < -0.4 is 10.6 Å². The lowest BCUT2D eigenvalue weighted by atomic mass is 10.1. The lowest BCUT2D eigenvalue weighted by Gasteiger charge is -2.31. The molecule has 0 unspecified atom stereocenters. The lowest BCUT2D eigenvalue weighted by molar-refractivity contribution is 0.101. The van der Waals surface area contributed by atoms with Gasteiger partial charge in [0.25, 0.3) is 11.8 Å². The van der Waals surface area contributed by atoms with Crippen LogP contribution in [0.25, 0.3) is 0 Å². The van der Waals surface area contributed by atoms with Gasteiger partial charge in [0.15, 0.2) is 0 Å². The Hall–Kier alpha value is -3.53. The minimum absolute atomic E-state index is 0.196. The van der Waals surface area contributed by atoms with E-state index in [9.17, 15) is 18.0 Å². The van der Waals surface area contributed by atoms with Crippen LogP contribution in [0.1, 0.15) is 26.3 Å². The number of aryl methyl sites for hydroxylation is 1. The molecule has 0 atom stereocenters. The summed E-state index contributed by atoms with van der Waals surface area (Å²) in [6.45, 7) is 4.14. The summed E-state index contributed by atoms with van der Waals surface area (Å²) >= 11 is 0. The topological polar surface area (TPSA) is 98.8 Å². The maximum atomic E-state index is 12.9. The molecule has 1 saturated heterocycles. The van der Waals surface area contributed by atoms with Gasteiger partial charge < -0.3 is 15.5 Å². The zero-order valence-electron chi connectivity index (χ0n) is 19.7. The molecular formula is C26H28N4O4S. The number of rotatable bonds is 6. The van der Waals surface area contributed by atoms with Gasteiger partial charge >= 0.3 is 0 Å². The molecule has 182 valence electrons. The number of amides is 2. The van der Waals surface area contributed by atoms with Crippen molar-refractivity contribution in [3.63, 3.8) is 0 Å². The second kappa shape index (κ2) is 10.4. The van der Waals surface area contributed by atoms with Crippen LogP contribution in [0.4, 0.5) is 11.4 Å². The van der Waals surface area contributed by atoms with E-state index < -0.39 is 10.0 Å². The highest BCUT2D eigenvalue weighted by Crippen LogP contribution is 2.22. The van der Waals surface area contributed by atoms with Crippen molar-refractivity contribution in [2.24, 2.45) is 0 Å². The average Bonchev–Trinajstić information content (AvgIpc) is 2.86. The number of carbonyl (C=O) groups excluding carboxylic acids is 2. The zero-order chi connectivity index (χ0) is 25.0. The highest BCUT2D eigenvalue weighted by atomic mass is 32.2. The zero-order valence-corrected chi connectivity index (χ0v) is 20.5. The molecule has 0 aromatic heterocycles. The molecule has 1 fully saturated rings. The smallest absolute Gasteiger partial charge is 0.255 e. The first-order chi connectivity index (χ1) is 16.7. The molecule has 0 radical (unpaired) electrons. The minimum atomic E-state index is -3.57. The number of nitrogens with one attached hydrogen (secondary N) is 2. The molecule has 4 rings (SSSR count). The first-order valence-corrected chi connectivity index (χ1v) is 12.8. The van der Waals surface area contributed by atoms with Gasteiger partial charge in [0, 0.05) is 48.7 Å². The highest BCUT2D eigenvalue weighted by molar-refractivity contribution is 7.89. The fourth-order valence-corrected chi connectivity index (χ4v) is 5.20. The maximum absolute atomic E-state index is 12.9. The summed E-state index contributed by atoms with van der Waals surface area (Å²) in [5, 5.41) is 5.64. The number of sulfonamides is 1. The third-order valence-electron chi connectivity index (χ3n) is 6.00. The molecule has 2 N–H and O–H groups in total. The van der Waals surface area contributed by atoms with Crippen LogP contribution in [0.3, 0.4) is 0 Å². The van der Waals surface area contributed by atoms with Crippen LogP contribution in [0.5, 0.6) is 0 Å². The highest BCUT2D eigenvalue weighted by Gasteiger charge is 2.27. The number of piperazine rings is 1. The number of carbonyl (C=O) groups is 2. The van der Waals surface area contributed by atoms with Crippen molar-refractivity contribution in [1.82, 2.24) is 9.21 Å². The molecule has 0 bridgehead atoms. The molecule has 2 amide bonds. The van der Waals surface area contributed by atoms with Gasteiger partial charge in [-0.1, -0.05) is 24.3 Å². The monoisotopic (exact) mass is 492 g/mol. The molecule has 0 spiro atoms. The number of hydrogen-bond donors (Lipinski definition) is 2. The van der Waals surface area contributed by atoms with Crippen molar-refractivity contribution in [2.45, 2.75) is 11.8 Å². The summed E-state index contributed by atoms with van der Waals surface area (Å²) in [5.41, 5.74) is 2.73. The first-order valence-electron chi connectivity index (χ1n) is 11.3. The summed E-state index contributed by atoms with van der Waals surface area (Å²) in [6.07, 6.45) is 0. The summed E-state index contributed by atoms with van der Waals surface area (Å²) in [6, 6.07) is 20.1. The molecule has 35 heavy (non-hydrogen) atoms. The van der Waals surface area contributed by atoms with Crippen LogP contribution in [0.15, 0.2) is 77.7 Å². The van der Waals surface area contributed by atoms with Gasteiger partial charge in [0.05, 0.1) is 4.90 Å². The largest absolute Gasteiger partial charge is 0.322 e. The second-order valence-electron chi connectivity index (χ2n) is 8.54. The second-order valence-corrected chi connectivity index (χ2v) is 10.5. The van der Waals surface area contributed by atoms with E-state index in [2.05, 4.69) is 15.5 Å². The molecule has 0 aliphatic carbocycles. The Morgan fingerprint density at radius 1 is 0.771 bits per heavy atom. The van der Waals surface area contributed by atoms with Gasteiger partial charge in [0.2, 0.25) is 10.0 Å². The predicted molar refractivity (Wildman–Crippen MR) is 136 cm³/mol. The van der Waals surface area contributed by atoms with Crippen molar-refractivity contribution in [3.05, 3.63) is 89.5 Å². The van der Waals surface area contributed by atoms with E-state index >= 15 is 0 Å². The molecule has 1 heterocycles. The van der Waals surface area contributed by atoms with E-state index in [-0.39, 0.29) is 16.7 Å². The SMILES string of the molecule is Cc1ccc(C(=O)Nc2ccc(S(=O)(=O)N3CCN(C)CC3)cc2)cc1NC(=O)c1ccccc1.